The van der Waals surface area contributed by atoms with Crippen LogP contribution in [-0.2, 0) is 48.0 Å². The molecule has 2 aromatic heterocycles. The average molecular weight is 1070 g/mol. The highest BCUT2D eigenvalue weighted by molar-refractivity contribution is 5.96. The molecule has 5 amide bonds. The van der Waals surface area contributed by atoms with Crippen LogP contribution in [0.15, 0.2) is 61.3 Å². The van der Waals surface area contributed by atoms with Gasteiger partial charge in [-0.15, -0.1) is 0 Å². The Bertz CT molecular complexity index is 2950. The molecule has 78 heavy (non-hydrogen) atoms. The van der Waals surface area contributed by atoms with Gasteiger partial charge in [0.05, 0.1) is 36.0 Å². The summed E-state index contributed by atoms with van der Waals surface area (Å²) in [5, 5.41) is 17.1. The lowest BCUT2D eigenvalue weighted by molar-refractivity contribution is -0.159. The van der Waals surface area contributed by atoms with Crippen LogP contribution in [0, 0.1) is 16.7 Å². The summed E-state index contributed by atoms with van der Waals surface area (Å²) in [6, 6.07) is 9.84. The number of fused-ring (bicyclic) bond motifs is 7. The van der Waals surface area contributed by atoms with Gasteiger partial charge in [0.15, 0.2) is 0 Å². The third kappa shape index (κ3) is 11.1. The van der Waals surface area contributed by atoms with Gasteiger partial charge < -0.3 is 49.0 Å². The van der Waals surface area contributed by atoms with E-state index in [0.29, 0.717) is 44.6 Å². The number of ether oxygens (including phenoxy) is 2. The van der Waals surface area contributed by atoms with Crippen LogP contribution in [0.2, 0.25) is 0 Å². The fourth-order valence-electron chi connectivity index (χ4n) is 12.7. The highest BCUT2D eigenvalue weighted by atomic mass is 16.5. The van der Waals surface area contributed by atoms with Crippen molar-refractivity contribution in [2.75, 3.05) is 78.5 Å². The Balaban J connectivity index is 1.13. The first kappa shape index (κ1) is 56.2. The number of anilines is 1. The minimum atomic E-state index is -1.19. The number of rotatable bonds is 10. The van der Waals surface area contributed by atoms with Crippen molar-refractivity contribution in [2.45, 2.75) is 130 Å². The quantitative estimate of drug-likeness (QED) is 0.112. The lowest BCUT2D eigenvalue weighted by Gasteiger charge is -2.46. The summed E-state index contributed by atoms with van der Waals surface area (Å²) in [6.45, 7) is 24.8. The molecule has 2 aromatic carbocycles. The number of hydrogen-bond acceptors (Lipinski definition) is 12. The number of nitrogens with one attached hydrogen (secondary N) is 2. The summed E-state index contributed by atoms with van der Waals surface area (Å²) in [4.78, 5) is 86.5. The van der Waals surface area contributed by atoms with E-state index in [4.69, 9.17) is 14.5 Å². The predicted molar refractivity (Wildman–Crippen MR) is 301 cm³/mol. The standard InChI is InChI=1S/C60H82N10O8/c1-13-50(72)67-33-37(5)70(38(6)34-67)58(76)65(11)52(36(3)4)55(73)62-48-27-40-25-42(28-44(71)26-40)41-15-16-49-45(29-41)47(31-59(8,9)35-78-57(75)54-60(17-18-60)19-20-69(63-54)56(48)74)53(68(49)14-2)46-30-43(32-61-51(46)39(7)77-12)66-23-21-64(10)22-24-66/h13,15-16,25-26,28-30,32,36-39,48,52,54,63,71H,1,14,17-24,27,31,33-35H2,2-12H3,(H,62,73)/t37-,38-,39+,48+,52+,54?/m1/s1. The zero-order valence-corrected chi connectivity index (χ0v) is 47.7. The molecule has 6 bridgehead atoms. The Morgan fingerprint density at radius 2 is 1.69 bits per heavy atom. The molecule has 5 aliphatic rings. The molecule has 3 saturated heterocycles. The van der Waals surface area contributed by atoms with Crippen molar-refractivity contribution in [3.05, 3.63) is 78.1 Å². The molecule has 1 unspecified atom stereocenters. The molecule has 6 atom stereocenters. The number of carbonyl (C=O) groups excluding carboxylic acids is 5. The van der Waals surface area contributed by atoms with Gasteiger partial charge in [-0.1, -0.05) is 46.4 Å². The number of carbonyl (C=O) groups is 5. The minimum absolute atomic E-state index is 0.00853. The highest BCUT2D eigenvalue weighted by Crippen LogP contribution is 2.54. The van der Waals surface area contributed by atoms with Crippen LogP contribution < -0.4 is 15.6 Å². The lowest BCUT2D eigenvalue weighted by atomic mass is 9.83. The molecule has 420 valence electrons. The normalized spacial score (nSPS) is 23.4. The summed E-state index contributed by atoms with van der Waals surface area (Å²) in [6.07, 6.45) is 5.60. The summed E-state index contributed by atoms with van der Waals surface area (Å²) < 4.78 is 14.8. The van der Waals surface area contributed by atoms with E-state index in [0.717, 1.165) is 89.3 Å². The lowest BCUT2D eigenvalue weighted by Crippen LogP contribution is -2.66. The van der Waals surface area contributed by atoms with E-state index in [1.54, 1.807) is 36.1 Å². The number of phenols is 1. The van der Waals surface area contributed by atoms with E-state index in [9.17, 15) is 24.3 Å². The maximum Gasteiger partial charge on any atom is 0.325 e. The number of cyclic esters (lactones) is 1. The number of esters is 1. The minimum Gasteiger partial charge on any atom is -0.508 e. The van der Waals surface area contributed by atoms with E-state index in [1.807, 2.05) is 46.9 Å². The molecular formula is C60H82N10O8. The van der Waals surface area contributed by atoms with Gasteiger partial charge in [-0.05, 0) is 130 Å². The van der Waals surface area contributed by atoms with Gasteiger partial charge in [-0.25, -0.2) is 10.2 Å². The molecule has 3 N–H and O–H groups in total. The average Bonchev–Trinajstić information content (AvgIpc) is 4.19. The van der Waals surface area contributed by atoms with Crippen molar-refractivity contribution in [1.29, 1.82) is 0 Å². The number of aryl methyl sites for hydroxylation is 1. The first-order valence-corrected chi connectivity index (χ1v) is 28.0. The van der Waals surface area contributed by atoms with Gasteiger partial charge in [0, 0.05) is 107 Å². The molecule has 9 rings (SSSR count). The number of phenolic OH excluding ortho intramolecular Hbond substituents is 1. The van der Waals surface area contributed by atoms with Crippen LogP contribution in [0.25, 0.3) is 33.3 Å². The first-order valence-electron chi connectivity index (χ1n) is 28.0. The molecule has 18 heteroatoms. The van der Waals surface area contributed by atoms with Crippen LogP contribution in [0.3, 0.4) is 0 Å². The number of aromatic nitrogens is 2. The zero-order valence-electron chi connectivity index (χ0n) is 47.7. The largest absolute Gasteiger partial charge is 0.508 e. The molecule has 0 radical (unpaired) electrons. The fourth-order valence-corrected chi connectivity index (χ4v) is 12.7. The predicted octanol–water partition coefficient (Wildman–Crippen LogP) is 6.78. The Labute approximate surface area is 460 Å². The summed E-state index contributed by atoms with van der Waals surface area (Å²) in [5.74, 6) is -2.02. The van der Waals surface area contributed by atoms with Crippen LogP contribution >= 0.6 is 0 Å². The number of benzene rings is 2. The molecule has 18 nitrogen and oxygen atoms in total. The fraction of sp³-hybridized carbons (Fsp3) is 0.567. The third-order valence-electron chi connectivity index (χ3n) is 17.2. The van der Waals surface area contributed by atoms with Crippen LogP contribution in [0.5, 0.6) is 5.75 Å². The number of urea groups is 1. The van der Waals surface area contributed by atoms with Crippen molar-refractivity contribution in [1.82, 2.24) is 44.9 Å². The van der Waals surface area contributed by atoms with Gasteiger partial charge in [0.25, 0.3) is 5.91 Å². The smallest absolute Gasteiger partial charge is 0.325 e. The second-order valence-electron chi connectivity index (χ2n) is 24.0. The molecule has 4 aromatic rings. The number of likely N-dealkylation sites (N-methyl/N-ethyl adjacent to an activating group) is 2. The molecule has 6 heterocycles. The van der Waals surface area contributed by atoms with E-state index in [-0.39, 0.29) is 60.2 Å². The number of nitrogens with zero attached hydrogens (tertiary/aromatic N) is 8. The third-order valence-corrected chi connectivity index (χ3v) is 17.2. The van der Waals surface area contributed by atoms with Crippen LogP contribution in [-0.4, -0.2) is 173 Å². The maximum absolute atomic E-state index is 15.2. The Kier molecular flexibility index (Phi) is 16.1. The maximum atomic E-state index is 15.2. The topological polar surface area (TPSA) is 185 Å². The monoisotopic (exact) mass is 1070 g/mol. The molecule has 1 saturated carbocycles. The summed E-state index contributed by atoms with van der Waals surface area (Å²) >= 11 is 0. The molecule has 1 spiro atoms. The van der Waals surface area contributed by atoms with Crippen molar-refractivity contribution < 1.29 is 38.6 Å². The second kappa shape index (κ2) is 22.3. The van der Waals surface area contributed by atoms with Crippen LogP contribution in [0.4, 0.5) is 10.5 Å². The number of piperazine rings is 2. The highest BCUT2D eigenvalue weighted by Gasteiger charge is 2.57. The SMILES string of the molecule is C=CC(=O)N1C[C@@H](C)N(C(=O)N(C)[C@H](C(=O)N[C@H]2Cc3cc(O)cc(c3)-c3ccc4c(c3)c(c(-c3cc(N5CCN(C)CC5)cnc3[C@H](C)OC)n4CC)CC(C)(C)COC(=O)C3NN(CCC34CC4)C2=O)C(C)C)[C@H](C)C1. The van der Waals surface area contributed by atoms with Crippen molar-refractivity contribution in [3.63, 3.8) is 0 Å². The van der Waals surface area contributed by atoms with Gasteiger partial charge in [-0.3, -0.25) is 29.2 Å². The van der Waals surface area contributed by atoms with E-state index >= 15 is 4.79 Å². The van der Waals surface area contributed by atoms with Gasteiger partial charge in [-0.2, -0.15) is 0 Å². The number of aromatic hydroxyl groups is 1. The zero-order chi connectivity index (χ0) is 56.1. The molecule has 4 fully saturated rings. The van der Waals surface area contributed by atoms with Gasteiger partial charge in [0.1, 0.15) is 23.9 Å². The van der Waals surface area contributed by atoms with Gasteiger partial charge >= 0.3 is 12.0 Å². The Morgan fingerprint density at radius 3 is 2.33 bits per heavy atom. The number of amides is 5. The Morgan fingerprint density at radius 1 is 0.987 bits per heavy atom. The van der Waals surface area contributed by atoms with E-state index in [1.165, 1.54) is 16.0 Å². The van der Waals surface area contributed by atoms with Crippen molar-refractivity contribution >= 4 is 46.3 Å². The summed E-state index contributed by atoms with van der Waals surface area (Å²) in [5.41, 5.74) is 10.5. The summed E-state index contributed by atoms with van der Waals surface area (Å²) in [7, 11) is 5.45. The number of methoxy groups -OCH3 is 1. The van der Waals surface area contributed by atoms with Crippen LogP contribution in [0.1, 0.15) is 97.6 Å². The Hall–Kier alpha value is -6.50. The molecular weight excluding hydrogens is 989 g/mol. The molecule has 4 aliphatic heterocycles. The number of hydrogen-bond donors (Lipinski definition) is 3. The van der Waals surface area contributed by atoms with Crippen molar-refractivity contribution in [2.24, 2.45) is 16.7 Å². The van der Waals surface area contributed by atoms with Gasteiger partial charge in [0.2, 0.25) is 11.8 Å². The van der Waals surface area contributed by atoms with E-state index < -0.39 is 41.3 Å². The second-order valence-corrected chi connectivity index (χ2v) is 24.0. The number of pyridine rings is 1. The molecule has 1 aliphatic carbocycles. The number of hydrazine groups is 1. The van der Waals surface area contributed by atoms with Crippen molar-refractivity contribution in [3.8, 4) is 28.1 Å². The first-order chi connectivity index (χ1) is 37.1. The van der Waals surface area contributed by atoms with E-state index in [2.05, 4.69) is 83.8 Å².